The highest BCUT2D eigenvalue weighted by molar-refractivity contribution is 5.95. The molecule has 1 aliphatic heterocycles. The summed E-state index contributed by atoms with van der Waals surface area (Å²) >= 11 is 0. The molecule has 2 heterocycles. The van der Waals surface area contributed by atoms with Gasteiger partial charge in [-0.05, 0) is 37.9 Å². The predicted octanol–water partition coefficient (Wildman–Crippen LogP) is 2.34. The lowest BCUT2D eigenvalue weighted by atomic mass is 10.1. The van der Waals surface area contributed by atoms with Crippen LogP contribution in [0.3, 0.4) is 0 Å². The molecule has 0 bridgehead atoms. The van der Waals surface area contributed by atoms with Crippen molar-refractivity contribution in [2.75, 3.05) is 13.1 Å². The summed E-state index contributed by atoms with van der Waals surface area (Å²) in [7, 11) is 0. The number of hydrogen-bond acceptors (Lipinski definition) is 3. The number of benzene rings is 1. The number of halogens is 1. The second-order valence-corrected chi connectivity index (χ2v) is 5.62. The third-order valence-corrected chi connectivity index (χ3v) is 4.08. The number of hydrogen-bond donors (Lipinski definition) is 2. The first-order chi connectivity index (χ1) is 10.8. The summed E-state index contributed by atoms with van der Waals surface area (Å²) in [5.41, 5.74) is 2.61. The molecule has 124 valence electrons. The van der Waals surface area contributed by atoms with E-state index in [-0.39, 0.29) is 24.4 Å². The van der Waals surface area contributed by atoms with Gasteiger partial charge in [-0.2, -0.15) is 5.10 Å². The Labute approximate surface area is 142 Å². The first-order valence-electron chi connectivity index (χ1n) is 7.93. The summed E-state index contributed by atoms with van der Waals surface area (Å²) in [6.45, 7) is 3.94. The van der Waals surface area contributed by atoms with Crippen molar-refractivity contribution in [1.29, 1.82) is 0 Å². The maximum atomic E-state index is 12.5. The van der Waals surface area contributed by atoms with Gasteiger partial charge in [-0.1, -0.05) is 25.1 Å². The predicted molar refractivity (Wildman–Crippen MR) is 93.5 cm³/mol. The van der Waals surface area contributed by atoms with Gasteiger partial charge in [-0.25, -0.2) is 4.68 Å². The van der Waals surface area contributed by atoms with Crippen LogP contribution >= 0.6 is 12.4 Å². The quantitative estimate of drug-likeness (QED) is 0.902. The molecule has 3 rings (SSSR count). The molecule has 1 amide bonds. The van der Waals surface area contributed by atoms with Crippen molar-refractivity contribution in [1.82, 2.24) is 20.4 Å². The van der Waals surface area contributed by atoms with Gasteiger partial charge in [-0.15, -0.1) is 12.4 Å². The highest BCUT2D eigenvalue weighted by atomic mass is 35.5. The second kappa shape index (κ2) is 8.13. The van der Waals surface area contributed by atoms with Crippen LogP contribution in [-0.4, -0.2) is 34.8 Å². The van der Waals surface area contributed by atoms with Crippen molar-refractivity contribution in [2.24, 2.45) is 0 Å². The fourth-order valence-corrected chi connectivity index (χ4v) is 2.93. The number of nitrogens with one attached hydrogen (secondary N) is 2. The Bertz CT molecular complexity index is 635. The molecule has 0 saturated carbocycles. The molecule has 1 aromatic heterocycles. The lowest BCUT2D eigenvalue weighted by molar-refractivity contribution is 0.0929. The van der Waals surface area contributed by atoms with E-state index in [1.165, 1.54) is 0 Å². The van der Waals surface area contributed by atoms with Crippen LogP contribution in [0.5, 0.6) is 0 Å². The number of rotatable bonds is 4. The zero-order chi connectivity index (χ0) is 15.4. The highest BCUT2D eigenvalue weighted by Gasteiger charge is 2.21. The number of para-hydroxylation sites is 1. The summed E-state index contributed by atoms with van der Waals surface area (Å²) in [5, 5.41) is 10.8. The Kier molecular flexibility index (Phi) is 6.19. The minimum absolute atomic E-state index is 0. The third kappa shape index (κ3) is 3.92. The van der Waals surface area contributed by atoms with Crippen LogP contribution < -0.4 is 10.6 Å². The average Bonchev–Trinajstić information content (AvgIpc) is 3.00. The number of piperidine rings is 1. The van der Waals surface area contributed by atoms with Crippen LogP contribution in [0.4, 0.5) is 0 Å². The Morgan fingerprint density at radius 2 is 2.17 bits per heavy atom. The van der Waals surface area contributed by atoms with Crippen LogP contribution in [0.15, 0.2) is 36.5 Å². The summed E-state index contributed by atoms with van der Waals surface area (Å²) < 4.78 is 1.86. The molecule has 2 aromatic rings. The Morgan fingerprint density at radius 3 is 2.83 bits per heavy atom. The lowest BCUT2D eigenvalue weighted by Gasteiger charge is -2.23. The molecule has 1 saturated heterocycles. The standard InChI is InChI=1S/C17H22N4O.ClH/c1-2-16-15(17(22)20-13-7-6-10-18-11-13)12-19-21(16)14-8-4-3-5-9-14;/h3-5,8-9,12-13,18H,2,6-7,10-11H2,1H3,(H,20,22);1H/t13-;/m0./s1. The molecule has 0 spiro atoms. The number of carbonyl (C=O) groups is 1. The smallest absolute Gasteiger partial charge is 0.255 e. The van der Waals surface area contributed by atoms with Crippen molar-refractivity contribution < 1.29 is 4.79 Å². The molecule has 23 heavy (non-hydrogen) atoms. The van der Waals surface area contributed by atoms with E-state index < -0.39 is 0 Å². The molecule has 0 unspecified atom stereocenters. The summed E-state index contributed by atoms with van der Waals surface area (Å²) in [5.74, 6) is -0.0206. The highest BCUT2D eigenvalue weighted by Crippen LogP contribution is 2.16. The van der Waals surface area contributed by atoms with Gasteiger partial charge in [-0.3, -0.25) is 4.79 Å². The average molecular weight is 335 g/mol. The molecule has 2 N–H and O–H groups in total. The maximum absolute atomic E-state index is 12.5. The van der Waals surface area contributed by atoms with Gasteiger partial charge < -0.3 is 10.6 Å². The van der Waals surface area contributed by atoms with Crippen LogP contribution in [0.1, 0.15) is 35.8 Å². The number of amides is 1. The topological polar surface area (TPSA) is 59.0 Å². The number of nitrogens with zero attached hydrogens (tertiary/aromatic N) is 2. The Morgan fingerprint density at radius 1 is 1.39 bits per heavy atom. The van der Waals surface area contributed by atoms with E-state index in [1.807, 2.05) is 35.0 Å². The van der Waals surface area contributed by atoms with Gasteiger partial charge in [0.15, 0.2) is 0 Å². The fraction of sp³-hybridized carbons (Fsp3) is 0.412. The normalized spacial score (nSPS) is 17.3. The third-order valence-electron chi connectivity index (χ3n) is 4.08. The van der Waals surface area contributed by atoms with Crippen LogP contribution in [0.2, 0.25) is 0 Å². The summed E-state index contributed by atoms with van der Waals surface area (Å²) in [6, 6.07) is 10.1. The van der Waals surface area contributed by atoms with Gasteiger partial charge in [0.05, 0.1) is 23.1 Å². The van der Waals surface area contributed by atoms with E-state index >= 15 is 0 Å². The molecular formula is C17H23ClN4O. The van der Waals surface area contributed by atoms with Crippen LogP contribution in [-0.2, 0) is 6.42 Å². The fourth-order valence-electron chi connectivity index (χ4n) is 2.93. The zero-order valence-electron chi connectivity index (χ0n) is 13.3. The van der Waals surface area contributed by atoms with Crippen molar-refractivity contribution in [3.8, 4) is 5.69 Å². The molecule has 1 atom stereocenters. The van der Waals surface area contributed by atoms with Gasteiger partial charge in [0.1, 0.15) is 0 Å². The second-order valence-electron chi connectivity index (χ2n) is 5.62. The van der Waals surface area contributed by atoms with E-state index in [0.29, 0.717) is 5.56 Å². The Hall–Kier alpha value is -1.85. The zero-order valence-corrected chi connectivity index (χ0v) is 14.1. The van der Waals surface area contributed by atoms with Crippen molar-refractivity contribution in [3.05, 3.63) is 47.8 Å². The Balaban J connectivity index is 0.00000192. The molecule has 1 fully saturated rings. The summed E-state index contributed by atoms with van der Waals surface area (Å²) in [4.78, 5) is 12.5. The first kappa shape index (κ1) is 17.5. The minimum Gasteiger partial charge on any atom is -0.348 e. The van der Waals surface area contributed by atoms with Gasteiger partial charge in [0, 0.05) is 12.6 Å². The molecular weight excluding hydrogens is 312 g/mol. The first-order valence-corrected chi connectivity index (χ1v) is 7.93. The molecule has 5 nitrogen and oxygen atoms in total. The van der Waals surface area contributed by atoms with Crippen molar-refractivity contribution in [3.63, 3.8) is 0 Å². The van der Waals surface area contributed by atoms with Crippen molar-refractivity contribution >= 4 is 18.3 Å². The summed E-state index contributed by atoms with van der Waals surface area (Å²) in [6.07, 6.45) is 4.58. The lowest BCUT2D eigenvalue weighted by Crippen LogP contribution is -2.45. The largest absolute Gasteiger partial charge is 0.348 e. The molecule has 0 aliphatic carbocycles. The van der Waals surface area contributed by atoms with Crippen LogP contribution in [0.25, 0.3) is 5.69 Å². The van der Waals surface area contributed by atoms with Gasteiger partial charge in [0.2, 0.25) is 0 Å². The number of aromatic nitrogens is 2. The van der Waals surface area contributed by atoms with Gasteiger partial charge in [0.25, 0.3) is 5.91 Å². The molecule has 1 aromatic carbocycles. The van der Waals surface area contributed by atoms with E-state index in [1.54, 1.807) is 6.20 Å². The van der Waals surface area contributed by atoms with E-state index in [2.05, 4.69) is 22.7 Å². The minimum atomic E-state index is -0.0206. The molecule has 0 radical (unpaired) electrons. The van der Waals surface area contributed by atoms with E-state index in [4.69, 9.17) is 0 Å². The molecule has 1 aliphatic rings. The van der Waals surface area contributed by atoms with E-state index in [0.717, 1.165) is 43.7 Å². The van der Waals surface area contributed by atoms with Crippen LogP contribution in [0, 0.1) is 0 Å². The van der Waals surface area contributed by atoms with E-state index in [9.17, 15) is 4.79 Å². The monoisotopic (exact) mass is 334 g/mol. The number of carbonyl (C=O) groups excluding carboxylic acids is 1. The van der Waals surface area contributed by atoms with Gasteiger partial charge >= 0.3 is 0 Å². The maximum Gasteiger partial charge on any atom is 0.255 e. The molecule has 6 heteroatoms. The SMILES string of the molecule is CCc1c(C(=O)N[C@H]2CCCNC2)cnn1-c1ccccc1.Cl. The van der Waals surface area contributed by atoms with Crippen molar-refractivity contribution in [2.45, 2.75) is 32.2 Å².